The molecule has 1 aromatic heterocycles. The van der Waals surface area contributed by atoms with E-state index in [2.05, 4.69) is 23.1 Å². The molecule has 0 N–H and O–H groups in total. The van der Waals surface area contributed by atoms with Gasteiger partial charge in [-0.25, -0.2) is 4.39 Å². The number of halogens is 1. The molecule has 0 bridgehead atoms. The number of fused-ring (bicyclic) bond motifs is 1. The van der Waals surface area contributed by atoms with Gasteiger partial charge in [0.1, 0.15) is 11.6 Å². The zero-order valence-electron chi connectivity index (χ0n) is 21.7. The van der Waals surface area contributed by atoms with Gasteiger partial charge in [-0.15, -0.1) is 11.3 Å². The number of morpholine rings is 1. The van der Waals surface area contributed by atoms with Gasteiger partial charge in [0.25, 0.3) is 5.91 Å². The smallest absolute Gasteiger partial charge is 0.268 e. The average molecular weight is 536 g/mol. The Morgan fingerprint density at radius 2 is 1.92 bits per heavy atom. The van der Waals surface area contributed by atoms with Crippen LogP contribution in [0.4, 0.5) is 15.8 Å². The maximum absolute atomic E-state index is 15.3. The second-order valence-electron chi connectivity index (χ2n) is 10.4. The van der Waals surface area contributed by atoms with Crippen LogP contribution in [0.2, 0.25) is 0 Å². The van der Waals surface area contributed by atoms with Crippen molar-refractivity contribution in [3.63, 3.8) is 0 Å². The Balaban J connectivity index is 1.14. The van der Waals surface area contributed by atoms with Crippen molar-refractivity contribution in [2.24, 2.45) is 17.8 Å². The fraction of sp³-hybridized carbons (Fsp3) is 0.433. The highest BCUT2D eigenvalue weighted by Crippen LogP contribution is 2.52. The number of anilines is 2. The highest BCUT2D eigenvalue weighted by Gasteiger charge is 2.56. The Morgan fingerprint density at radius 1 is 1.11 bits per heavy atom. The molecule has 2 aromatic carbocycles. The summed E-state index contributed by atoms with van der Waals surface area (Å²) in [6.07, 6.45) is 0. The molecule has 2 saturated heterocycles. The van der Waals surface area contributed by atoms with E-state index in [-0.39, 0.29) is 11.7 Å². The number of carbonyl (C=O) groups is 1. The largest absolute Gasteiger partial charge is 0.494 e. The third-order valence-electron chi connectivity index (χ3n) is 8.03. The van der Waals surface area contributed by atoms with E-state index in [1.807, 2.05) is 47.5 Å². The molecule has 3 fully saturated rings. The molecule has 1 saturated carbocycles. The molecule has 1 amide bonds. The summed E-state index contributed by atoms with van der Waals surface area (Å²) in [6.45, 7) is 8.80. The van der Waals surface area contributed by atoms with E-state index >= 15 is 4.39 Å². The predicted octanol–water partition coefficient (Wildman–Crippen LogP) is 5.15. The normalized spacial score (nSPS) is 22.8. The third-order valence-corrected chi connectivity index (χ3v) is 8.89. The van der Waals surface area contributed by atoms with Crippen molar-refractivity contribution in [3.8, 4) is 5.75 Å². The number of piperidine rings is 1. The van der Waals surface area contributed by atoms with Crippen LogP contribution in [-0.4, -0.2) is 63.4 Å². The van der Waals surface area contributed by atoms with Crippen LogP contribution in [0.25, 0.3) is 0 Å². The minimum atomic E-state index is -0.287. The second-order valence-corrected chi connectivity index (χ2v) is 11.3. The lowest BCUT2D eigenvalue weighted by Crippen LogP contribution is -2.37. The third kappa shape index (κ3) is 5.30. The highest BCUT2D eigenvalue weighted by atomic mass is 32.1. The number of carbonyl (C=O) groups excluding carboxylic acids is 1. The molecule has 8 heteroatoms. The van der Waals surface area contributed by atoms with Gasteiger partial charge in [0.2, 0.25) is 0 Å². The van der Waals surface area contributed by atoms with Gasteiger partial charge in [0.15, 0.2) is 0 Å². The Hall–Kier alpha value is -2.94. The predicted molar refractivity (Wildman–Crippen MR) is 149 cm³/mol. The number of hydrogen-bond acceptors (Lipinski definition) is 6. The minimum Gasteiger partial charge on any atom is -0.494 e. The quantitative estimate of drug-likeness (QED) is 0.379. The van der Waals surface area contributed by atoms with E-state index in [9.17, 15) is 4.79 Å². The minimum absolute atomic E-state index is 0.0481. The molecule has 3 aliphatic rings. The topological polar surface area (TPSA) is 45.2 Å². The van der Waals surface area contributed by atoms with Crippen LogP contribution in [0.5, 0.6) is 5.75 Å². The lowest BCUT2D eigenvalue weighted by atomic mass is 10.1. The molecule has 2 aliphatic heterocycles. The summed E-state index contributed by atoms with van der Waals surface area (Å²) in [5.41, 5.74) is 2.47. The summed E-state index contributed by atoms with van der Waals surface area (Å²) >= 11 is 1.43. The molecule has 6 rings (SSSR count). The summed E-state index contributed by atoms with van der Waals surface area (Å²) < 4.78 is 26.4. The molecule has 2 atom stereocenters. The first-order chi connectivity index (χ1) is 18.6. The van der Waals surface area contributed by atoms with E-state index in [1.165, 1.54) is 23.0 Å². The maximum atomic E-state index is 15.3. The number of ether oxygens (including phenoxy) is 2. The van der Waals surface area contributed by atoms with E-state index in [4.69, 9.17) is 9.47 Å². The van der Waals surface area contributed by atoms with Crippen molar-refractivity contribution in [1.29, 1.82) is 0 Å². The molecule has 2 unspecified atom stereocenters. The molecule has 200 valence electrons. The van der Waals surface area contributed by atoms with Gasteiger partial charge in [-0.2, -0.15) is 0 Å². The van der Waals surface area contributed by atoms with E-state index in [0.29, 0.717) is 73.5 Å². The van der Waals surface area contributed by atoms with Crippen LogP contribution in [0.15, 0.2) is 60.0 Å². The van der Waals surface area contributed by atoms with Gasteiger partial charge in [-0.05, 0) is 72.0 Å². The Morgan fingerprint density at radius 3 is 2.63 bits per heavy atom. The molecule has 1 aliphatic carbocycles. The van der Waals surface area contributed by atoms with E-state index in [0.717, 1.165) is 25.4 Å². The lowest BCUT2D eigenvalue weighted by molar-refractivity contribution is 0.0988. The first-order valence-electron chi connectivity index (χ1n) is 13.5. The summed E-state index contributed by atoms with van der Waals surface area (Å²) in [5, 5.41) is 1.91. The van der Waals surface area contributed by atoms with Crippen molar-refractivity contribution < 1.29 is 18.7 Å². The van der Waals surface area contributed by atoms with Crippen LogP contribution >= 0.6 is 11.3 Å². The zero-order chi connectivity index (χ0) is 26.1. The number of amides is 1. The number of likely N-dealkylation sites (tertiary alicyclic amines) is 1. The van der Waals surface area contributed by atoms with E-state index < -0.39 is 0 Å². The lowest BCUT2D eigenvalue weighted by Gasteiger charge is -2.30. The van der Waals surface area contributed by atoms with Crippen molar-refractivity contribution >= 4 is 28.6 Å². The number of nitrogens with zero attached hydrogens (tertiary/aromatic N) is 3. The average Bonchev–Trinajstić information content (AvgIpc) is 3.29. The Bertz CT molecular complexity index is 1250. The van der Waals surface area contributed by atoms with Crippen molar-refractivity contribution in [2.45, 2.75) is 13.5 Å². The maximum Gasteiger partial charge on any atom is 0.268 e. The molecular weight excluding hydrogens is 501 g/mol. The van der Waals surface area contributed by atoms with Crippen LogP contribution < -0.4 is 14.5 Å². The first kappa shape index (κ1) is 25.3. The number of hydrogen-bond donors (Lipinski definition) is 0. The zero-order valence-corrected chi connectivity index (χ0v) is 22.5. The standard InChI is InChI=1S/C30H34FN3O3S/c1-2-37-23-6-3-5-21(15-23)17-32-18-24-25(19-32)26(24)20-34(30(35)29-7-4-14-38-29)22-8-9-28(27(31)16-22)33-10-12-36-13-11-33/h3-9,14-16,24-26H,2,10-13,17-20H2,1H3. The second kappa shape index (κ2) is 11.0. The van der Waals surface area contributed by atoms with Crippen LogP contribution in [0.1, 0.15) is 22.2 Å². The van der Waals surface area contributed by atoms with Gasteiger partial charge in [0.05, 0.1) is 30.4 Å². The van der Waals surface area contributed by atoms with Gasteiger partial charge in [-0.1, -0.05) is 18.2 Å². The summed E-state index contributed by atoms with van der Waals surface area (Å²) in [7, 11) is 0. The monoisotopic (exact) mass is 535 g/mol. The fourth-order valence-corrected chi connectivity index (χ4v) is 6.74. The number of rotatable bonds is 9. The SMILES string of the molecule is CCOc1cccc(CN2CC3C(C2)C3CN(C(=O)c2cccs2)c2ccc(N3CCOCC3)c(F)c2)c1. The van der Waals surface area contributed by atoms with E-state index in [1.54, 1.807) is 4.90 Å². The van der Waals surface area contributed by atoms with Gasteiger partial charge in [0, 0.05) is 45.0 Å². The Labute approximate surface area is 227 Å². The molecular formula is C30H34FN3O3S. The van der Waals surface area contributed by atoms with Crippen LogP contribution in [0, 0.1) is 23.6 Å². The molecule has 6 nitrogen and oxygen atoms in total. The summed E-state index contributed by atoms with van der Waals surface area (Å²) in [5.74, 6) is 2.16. The van der Waals surface area contributed by atoms with Crippen molar-refractivity contribution in [3.05, 3.63) is 76.2 Å². The number of thiophene rings is 1. The Kier molecular flexibility index (Phi) is 7.37. The summed E-state index contributed by atoms with van der Waals surface area (Å²) in [4.78, 5) is 20.5. The van der Waals surface area contributed by atoms with Gasteiger partial charge < -0.3 is 19.3 Å². The molecule has 0 radical (unpaired) electrons. The summed E-state index contributed by atoms with van der Waals surface area (Å²) in [6, 6.07) is 17.3. The highest BCUT2D eigenvalue weighted by molar-refractivity contribution is 7.12. The molecule has 3 aromatic rings. The molecule has 3 heterocycles. The molecule has 38 heavy (non-hydrogen) atoms. The van der Waals surface area contributed by atoms with Gasteiger partial charge in [-0.3, -0.25) is 9.69 Å². The number of benzene rings is 2. The van der Waals surface area contributed by atoms with Crippen LogP contribution in [-0.2, 0) is 11.3 Å². The van der Waals surface area contributed by atoms with Gasteiger partial charge >= 0.3 is 0 Å². The fourth-order valence-electron chi connectivity index (χ4n) is 6.07. The van der Waals surface area contributed by atoms with Crippen LogP contribution in [0.3, 0.4) is 0 Å². The van der Waals surface area contributed by atoms with Crippen molar-refractivity contribution in [2.75, 3.05) is 62.3 Å². The van der Waals surface area contributed by atoms with Crippen molar-refractivity contribution in [1.82, 2.24) is 4.90 Å². The first-order valence-corrected chi connectivity index (χ1v) is 14.4. The molecule has 0 spiro atoms.